The molecule has 1 aromatic carbocycles. The van der Waals surface area contributed by atoms with E-state index in [0.717, 1.165) is 25.2 Å². The second kappa shape index (κ2) is 5.17. The highest BCUT2D eigenvalue weighted by molar-refractivity contribution is 5.45. The highest BCUT2D eigenvalue weighted by atomic mass is 16.5. The van der Waals surface area contributed by atoms with Gasteiger partial charge in [0.05, 0.1) is 12.7 Å². The molecule has 90 valence electrons. The van der Waals surface area contributed by atoms with Crippen LogP contribution in [-0.4, -0.2) is 38.2 Å². The zero-order valence-corrected chi connectivity index (χ0v) is 10.2. The molecule has 0 atom stereocenters. The Morgan fingerprint density at radius 2 is 2.29 bits per heavy atom. The van der Waals surface area contributed by atoms with E-state index in [1.165, 1.54) is 0 Å². The van der Waals surface area contributed by atoms with Gasteiger partial charge < -0.3 is 10.1 Å². The molecule has 0 saturated carbocycles. The molecule has 2 rings (SSSR count). The predicted molar refractivity (Wildman–Crippen MR) is 65.8 cm³/mol. The predicted octanol–water partition coefficient (Wildman–Crippen LogP) is 0.970. The highest BCUT2D eigenvalue weighted by Gasteiger charge is 2.21. The topological polar surface area (TPSA) is 48.3 Å². The summed E-state index contributed by atoms with van der Waals surface area (Å²) in [4.78, 5) is 2.31. The van der Waals surface area contributed by atoms with Gasteiger partial charge in [-0.25, -0.2) is 0 Å². The van der Waals surface area contributed by atoms with Crippen LogP contribution in [0.25, 0.3) is 0 Å². The molecule has 1 N–H and O–H groups in total. The molecule has 1 aromatic rings. The molecule has 4 nitrogen and oxygen atoms in total. The fraction of sp³-hybridized carbons (Fsp3) is 0.462. The van der Waals surface area contributed by atoms with Gasteiger partial charge in [-0.3, -0.25) is 4.90 Å². The number of benzene rings is 1. The molecule has 1 aliphatic heterocycles. The largest absolute Gasteiger partial charge is 0.495 e. The molecule has 0 amide bonds. The zero-order valence-electron chi connectivity index (χ0n) is 10.2. The van der Waals surface area contributed by atoms with E-state index in [-0.39, 0.29) is 0 Å². The summed E-state index contributed by atoms with van der Waals surface area (Å²) in [6.07, 6.45) is 0. The molecule has 0 spiro atoms. The van der Waals surface area contributed by atoms with E-state index in [1.807, 2.05) is 18.2 Å². The third-order valence-electron chi connectivity index (χ3n) is 3.20. The van der Waals surface area contributed by atoms with Gasteiger partial charge in [0.15, 0.2) is 0 Å². The van der Waals surface area contributed by atoms with Crippen LogP contribution in [0.4, 0.5) is 0 Å². The second-order valence-electron chi connectivity index (χ2n) is 4.37. The van der Waals surface area contributed by atoms with Gasteiger partial charge in [-0.2, -0.15) is 5.26 Å². The van der Waals surface area contributed by atoms with Crippen LogP contribution in [0.2, 0.25) is 0 Å². The fourth-order valence-electron chi connectivity index (χ4n) is 1.94. The van der Waals surface area contributed by atoms with Gasteiger partial charge >= 0.3 is 0 Å². The van der Waals surface area contributed by atoms with E-state index in [0.29, 0.717) is 17.4 Å². The lowest BCUT2D eigenvalue weighted by Gasteiger charge is -2.35. The Bertz CT molecular complexity index is 435. The molecule has 1 saturated heterocycles. The van der Waals surface area contributed by atoms with Crippen molar-refractivity contribution in [1.29, 1.82) is 5.26 Å². The Kier molecular flexibility index (Phi) is 3.62. The van der Waals surface area contributed by atoms with E-state index in [4.69, 9.17) is 10.00 Å². The number of nitrogens with zero attached hydrogens (tertiary/aromatic N) is 2. The third kappa shape index (κ3) is 2.57. The number of hydrogen-bond donors (Lipinski definition) is 1. The van der Waals surface area contributed by atoms with E-state index in [9.17, 15) is 0 Å². The van der Waals surface area contributed by atoms with Crippen LogP contribution in [0.15, 0.2) is 18.2 Å². The monoisotopic (exact) mass is 231 g/mol. The van der Waals surface area contributed by atoms with Crippen molar-refractivity contribution in [1.82, 2.24) is 10.2 Å². The summed E-state index contributed by atoms with van der Waals surface area (Å²) in [5, 5.41) is 12.3. The van der Waals surface area contributed by atoms with E-state index >= 15 is 0 Å². The van der Waals surface area contributed by atoms with Gasteiger partial charge in [-0.15, -0.1) is 0 Å². The smallest absolute Gasteiger partial charge is 0.136 e. The number of methoxy groups -OCH3 is 1. The standard InChI is InChI=1S/C13H17N3O/c1-16(12-7-15-8-12)9-10-3-4-13(17-2)11(5-10)6-14/h3-5,12,15H,7-9H2,1-2H3. The summed E-state index contributed by atoms with van der Waals surface area (Å²) < 4.78 is 5.13. The summed E-state index contributed by atoms with van der Waals surface area (Å²) in [7, 11) is 3.70. The number of hydrogen-bond acceptors (Lipinski definition) is 4. The fourth-order valence-corrected chi connectivity index (χ4v) is 1.94. The zero-order chi connectivity index (χ0) is 12.3. The lowest BCUT2D eigenvalue weighted by atomic mass is 10.1. The lowest BCUT2D eigenvalue weighted by Crippen LogP contribution is -2.55. The maximum Gasteiger partial charge on any atom is 0.136 e. The van der Waals surface area contributed by atoms with Crippen LogP contribution < -0.4 is 10.1 Å². The molecule has 0 unspecified atom stereocenters. The second-order valence-corrected chi connectivity index (χ2v) is 4.37. The number of nitrogens with one attached hydrogen (secondary N) is 1. The summed E-state index contributed by atoms with van der Waals surface area (Å²) in [5.74, 6) is 0.643. The maximum absolute atomic E-state index is 9.02. The Balaban J connectivity index is 2.08. The van der Waals surface area contributed by atoms with Crippen LogP contribution >= 0.6 is 0 Å². The maximum atomic E-state index is 9.02. The van der Waals surface area contributed by atoms with E-state index in [1.54, 1.807) is 7.11 Å². The minimum atomic E-state index is 0.602. The van der Waals surface area contributed by atoms with Crippen LogP contribution in [0.1, 0.15) is 11.1 Å². The molecule has 0 radical (unpaired) electrons. The minimum Gasteiger partial charge on any atom is -0.495 e. The van der Waals surface area contributed by atoms with Crippen LogP contribution in [0, 0.1) is 11.3 Å². The van der Waals surface area contributed by atoms with Crippen LogP contribution in [-0.2, 0) is 6.54 Å². The Morgan fingerprint density at radius 1 is 1.53 bits per heavy atom. The minimum absolute atomic E-state index is 0.602. The summed E-state index contributed by atoms with van der Waals surface area (Å²) >= 11 is 0. The Labute approximate surface area is 102 Å². The average molecular weight is 231 g/mol. The molecule has 4 heteroatoms. The van der Waals surface area contributed by atoms with Gasteiger partial charge in [-0.05, 0) is 24.7 Å². The van der Waals surface area contributed by atoms with Crippen LogP contribution in [0.3, 0.4) is 0 Å². The van der Waals surface area contributed by atoms with Crippen molar-refractivity contribution in [2.75, 3.05) is 27.2 Å². The first-order valence-corrected chi connectivity index (χ1v) is 5.72. The number of ether oxygens (including phenoxy) is 1. The summed E-state index contributed by atoms with van der Waals surface area (Å²) in [6.45, 7) is 2.97. The van der Waals surface area contributed by atoms with Crippen molar-refractivity contribution in [3.63, 3.8) is 0 Å². The first-order valence-electron chi connectivity index (χ1n) is 5.72. The normalized spacial score (nSPS) is 15.4. The highest BCUT2D eigenvalue weighted by Crippen LogP contribution is 2.20. The Hall–Kier alpha value is -1.57. The van der Waals surface area contributed by atoms with Gasteiger partial charge in [0, 0.05) is 25.7 Å². The molecule has 1 aliphatic rings. The molecule has 0 aliphatic carbocycles. The number of likely N-dealkylation sites (N-methyl/N-ethyl adjacent to an activating group) is 1. The third-order valence-corrected chi connectivity index (χ3v) is 3.20. The average Bonchev–Trinajstić information content (AvgIpc) is 2.26. The molecule has 0 aromatic heterocycles. The SMILES string of the molecule is COc1ccc(CN(C)C2CNC2)cc1C#N. The molecule has 1 heterocycles. The van der Waals surface area contributed by atoms with E-state index < -0.39 is 0 Å². The van der Waals surface area contributed by atoms with Gasteiger partial charge in [0.25, 0.3) is 0 Å². The molecule has 17 heavy (non-hydrogen) atoms. The molecule has 0 bridgehead atoms. The molecular formula is C13H17N3O. The van der Waals surface area contributed by atoms with Crippen LogP contribution in [0.5, 0.6) is 5.75 Å². The van der Waals surface area contributed by atoms with Crippen molar-refractivity contribution < 1.29 is 4.74 Å². The van der Waals surface area contributed by atoms with Gasteiger partial charge in [0.1, 0.15) is 11.8 Å². The summed E-state index contributed by atoms with van der Waals surface area (Å²) in [6, 6.07) is 8.56. The molecular weight excluding hydrogens is 214 g/mol. The van der Waals surface area contributed by atoms with E-state index in [2.05, 4.69) is 23.3 Å². The lowest BCUT2D eigenvalue weighted by molar-refractivity contribution is 0.173. The van der Waals surface area contributed by atoms with Crippen molar-refractivity contribution in [3.05, 3.63) is 29.3 Å². The van der Waals surface area contributed by atoms with Crippen molar-refractivity contribution in [2.24, 2.45) is 0 Å². The van der Waals surface area contributed by atoms with Crippen molar-refractivity contribution in [3.8, 4) is 11.8 Å². The first-order chi connectivity index (χ1) is 8.24. The Morgan fingerprint density at radius 3 is 2.82 bits per heavy atom. The number of rotatable bonds is 4. The van der Waals surface area contributed by atoms with Crippen molar-refractivity contribution >= 4 is 0 Å². The summed E-state index contributed by atoms with van der Waals surface area (Å²) in [5.41, 5.74) is 1.75. The van der Waals surface area contributed by atoms with Gasteiger partial charge in [-0.1, -0.05) is 6.07 Å². The van der Waals surface area contributed by atoms with Crippen molar-refractivity contribution in [2.45, 2.75) is 12.6 Å². The molecule has 1 fully saturated rings. The number of nitriles is 1. The van der Waals surface area contributed by atoms with Gasteiger partial charge in [0.2, 0.25) is 0 Å². The first kappa shape index (κ1) is 11.9. The quantitative estimate of drug-likeness (QED) is 0.839.